The van der Waals surface area contributed by atoms with Gasteiger partial charge in [0, 0.05) is 5.56 Å². The lowest BCUT2D eigenvalue weighted by atomic mass is 10.00. The Balaban J connectivity index is 1.86. The number of carbonyl (C=O) groups excluding carboxylic acids is 1. The average Bonchev–Trinajstić information content (AvgIpc) is 2.61. The molecule has 0 bridgehead atoms. The van der Waals surface area contributed by atoms with E-state index in [4.69, 9.17) is 14.5 Å². The summed E-state index contributed by atoms with van der Waals surface area (Å²) in [5.74, 6) is 0.100. The van der Waals surface area contributed by atoms with Crippen LogP contribution in [0.2, 0.25) is 0 Å². The maximum atomic E-state index is 12.2. The summed E-state index contributed by atoms with van der Waals surface area (Å²) in [6.07, 6.45) is -1.21. The van der Waals surface area contributed by atoms with E-state index in [1.165, 1.54) is 0 Å². The Kier molecular flexibility index (Phi) is 7.27. The minimum atomic E-state index is -2.55. The Bertz CT molecular complexity index is 631. The second-order valence-electron chi connectivity index (χ2n) is 4.70. The van der Waals surface area contributed by atoms with Gasteiger partial charge in [0.05, 0.1) is 0 Å². The molecule has 0 saturated carbocycles. The lowest BCUT2D eigenvalue weighted by molar-refractivity contribution is -0.217. The van der Waals surface area contributed by atoms with Gasteiger partial charge in [0.2, 0.25) is 0 Å². The highest BCUT2D eigenvalue weighted by Crippen LogP contribution is 2.24. The van der Waals surface area contributed by atoms with Crippen LogP contribution < -0.4 is 4.74 Å². The van der Waals surface area contributed by atoms with Crippen molar-refractivity contribution in [3.8, 4) is 5.75 Å². The molecule has 0 spiro atoms. The SMILES string of the molecule is O=C(c1ccc(OCCOOP(O)O)cc1)C(O)c1ccccc1. The smallest absolute Gasteiger partial charge is 0.357 e. The zero-order valence-electron chi connectivity index (χ0n) is 12.6. The highest BCUT2D eigenvalue weighted by molar-refractivity contribution is 7.39. The van der Waals surface area contributed by atoms with Crippen LogP contribution in [0.4, 0.5) is 0 Å². The van der Waals surface area contributed by atoms with Gasteiger partial charge in [-0.15, -0.1) is 0 Å². The van der Waals surface area contributed by atoms with Crippen molar-refractivity contribution in [3.05, 3.63) is 65.7 Å². The van der Waals surface area contributed by atoms with E-state index in [-0.39, 0.29) is 13.2 Å². The third-order valence-electron chi connectivity index (χ3n) is 3.06. The minimum Gasteiger partial charge on any atom is -0.491 e. The van der Waals surface area contributed by atoms with Crippen LogP contribution in [0.5, 0.6) is 5.75 Å². The number of hydrogen-bond donors (Lipinski definition) is 3. The largest absolute Gasteiger partial charge is 0.491 e. The molecular weight excluding hydrogens is 335 g/mol. The molecule has 0 aliphatic carbocycles. The second kappa shape index (κ2) is 9.44. The fourth-order valence-electron chi connectivity index (χ4n) is 1.94. The molecule has 0 saturated heterocycles. The van der Waals surface area contributed by atoms with Gasteiger partial charge in [-0.25, -0.2) is 4.89 Å². The van der Waals surface area contributed by atoms with E-state index in [1.54, 1.807) is 48.5 Å². The lowest BCUT2D eigenvalue weighted by Crippen LogP contribution is -2.12. The Morgan fingerprint density at radius 3 is 2.29 bits per heavy atom. The first kappa shape index (κ1) is 18.5. The van der Waals surface area contributed by atoms with Crippen molar-refractivity contribution >= 4 is 14.4 Å². The molecule has 3 N–H and O–H groups in total. The van der Waals surface area contributed by atoms with Gasteiger partial charge in [-0.2, -0.15) is 4.67 Å². The highest BCUT2D eigenvalue weighted by atomic mass is 31.2. The summed E-state index contributed by atoms with van der Waals surface area (Å²) in [4.78, 5) is 33.6. The average molecular weight is 352 g/mol. The van der Waals surface area contributed by atoms with E-state index < -0.39 is 20.5 Å². The van der Waals surface area contributed by atoms with Crippen LogP contribution in [0.3, 0.4) is 0 Å². The van der Waals surface area contributed by atoms with Crippen LogP contribution in [0, 0.1) is 0 Å². The summed E-state index contributed by atoms with van der Waals surface area (Å²) in [5.41, 5.74) is 0.900. The summed E-state index contributed by atoms with van der Waals surface area (Å²) in [7, 11) is -2.55. The third-order valence-corrected chi connectivity index (χ3v) is 3.30. The van der Waals surface area contributed by atoms with Gasteiger partial charge in [0.1, 0.15) is 25.1 Å². The predicted molar refractivity (Wildman–Crippen MR) is 86.1 cm³/mol. The van der Waals surface area contributed by atoms with Crippen molar-refractivity contribution in [1.82, 2.24) is 0 Å². The second-order valence-corrected chi connectivity index (χ2v) is 5.35. The Hall–Kier alpha value is -1.86. The summed E-state index contributed by atoms with van der Waals surface area (Å²) >= 11 is 0. The van der Waals surface area contributed by atoms with Crippen LogP contribution in [0.25, 0.3) is 0 Å². The molecule has 1 unspecified atom stereocenters. The quantitative estimate of drug-likeness (QED) is 0.209. The molecule has 2 rings (SSSR count). The van der Waals surface area contributed by atoms with Gasteiger partial charge in [-0.3, -0.25) is 4.79 Å². The van der Waals surface area contributed by atoms with Crippen molar-refractivity contribution in [2.45, 2.75) is 6.10 Å². The first-order chi connectivity index (χ1) is 11.6. The maximum absolute atomic E-state index is 12.2. The van der Waals surface area contributed by atoms with Crippen molar-refractivity contribution in [1.29, 1.82) is 0 Å². The molecule has 0 fully saturated rings. The van der Waals surface area contributed by atoms with Crippen LogP contribution in [-0.4, -0.2) is 33.9 Å². The number of ether oxygens (including phenoxy) is 1. The van der Waals surface area contributed by atoms with E-state index in [1.807, 2.05) is 6.07 Å². The molecule has 0 amide bonds. The number of benzene rings is 2. The molecule has 128 valence electrons. The zero-order valence-corrected chi connectivity index (χ0v) is 13.5. The Labute approximate surface area is 140 Å². The van der Waals surface area contributed by atoms with Crippen molar-refractivity contribution in [2.24, 2.45) is 0 Å². The monoisotopic (exact) mass is 352 g/mol. The topological polar surface area (TPSA) is 105 Å². The third kappa shape index (κ3) is 5.65. The van der Waals surface area contributed by atoms with E-state index >= 15 is 0 Å². The number of carbonyl (C=O) groups is 1. The summed E-state index contributed by atoms with van der Waals surface area (Å²) < 4.78 is 9.46. The van der Waals surface area contributed by atoms with E-state index in [2.05, 4.69) is 9.56 Å². The number of Topliss-reactive ketones (excluding diaryl/α,β-unsaturated/α-hetero) is 1. The normalized spacial score (nSPS) is 12.2. The van der Waals surface area contributed by atoms with Crippen LogP contribution in [0.1, 0.15) is 22.0 Å². The van der Waals surface area contributed by atoms with Crippen LogP contribution in [-0.2, 0) is 9.56 Å². The minimum absolute atomic E-state index is 0.00730. The predicted octanol–water partition coefficient (Wildman–Crippen LogP) is 2.14. The summed E-state index contributed by atoms with van der Waals surface area (Å²) in [6, 6.07) is 15.0. The number of hydrogen-bond acceptors (Lipinski definition) is 7. The van der Waals surface area contributed by atoms with Crippen LogP contribution >= 0.6 is 8.60 Å². The molecule has 0 heterocycles. The number of aliphatic hydroxyl groups is 1. The Morgan fingerprint density at radius 1 is 1.00 bits per heavy atom. The standard InChI is InChI=1S/C16H17O7P/c17-15(12-4-2-1-3-5-12)16(18)13-6-8-14(9-7-13)21-10-11-22-23-24(19)20/h1-9,15,17,19-20H,10-11H2. The molecular formula is C16H17O7P. The highest BCUT2D eigenvalue weighted by Gasteiger charge is 2.18. The zero-order chi connectivity index (χ0) is 17.4. The van der Waals surface area contributed by atoms with Crippen molar-refractivity contribution in [2.75, 3.05) is 13.2 Å². The molecule has 0 aliphatic rings. The molecule has 2 aromatic carbocycles. The lowest BCUT2D eigenvalue weighted by Gasteiger charge is -2.11. The van der Waals surface area contributed by atoms with Gasteiger partial charge in [-0.05, 0) is 29.8 Å². The number of ketones is 1. The van der Waals surface area contributed by atoms with Crippen molar-refractivity contribution < 1.29 is 34.0 Å². The maximum Gasteiger partial charge on any atom is 0.357 e. The molecule has 1 atom stereocenters. The summed E-state index contributed by atoms with van der Waals surface area (Å²) in [5, 5.41) is 10.1. The molecule has 8 heteroatoms. The number of aliphatic hydroxyl groups excluding tert-OH is 1. The fraction of sp³-hybridized carbons (Fsp3) is 0.188. The summed E-state index contributed by atoms with van der Waals surface area (Å²) in [6.45, 7) is 0.135. The molecule has 2 aromatic rings. The number of rotatable bonds is 9. The molecule has 0 radical (unpaired) electrons. The van der Waals surface area contributed by atoms with Gasteiger partial charge < -0.3 is 19.6 Å². The van der Waals surface area contributed by atoms with Crippen LogP contribution in [0.15, 0.2) is 54.6 Å². The van der Waals surface area contributed by atoms with E-state index in [0.29, 0.717) is 16.9 Å². The molecule has 24 heavy (non-hydrogen) atoms. The van der Waals surface area contributed by atoms with E-state index in [9.17, 15) is 9.90 Å². The molecule has 7 nitrogen and oxygen atoms in total. The van der Waals surface area contributed by atoms with Gasteiger partial charge in [-0.1, -0.05) is 30.3 Å². The fourth-order valence-corrected chi connectivity index (χ4v) is 2.11. The van der Waals surface area contributed by atoms with Gasteiger partial charge >= 0.3 is 8.60 Å². The van der Waals surface area contributed by atoms with Gasteiger partial charge in [0.15, 0.2) is 5.78 Å². The van der Waals surface area contributed by atoms with E-state index in [0.717, 1.165) is 0 Å². The van der Waals surface area contributed by atoms with Gasteiger partial charge in [0.25, 0.3) is 0 Å². The first-order valence-corrected chi connectivity index (χ1v) is 8.22. The first-order valence-electron chi connectivity index (χ1n) is 7.05. The Morgan fingerprint density at radius 2 is 1.67 bits per heavy atom. The molecule has 0 aromatic heterocycles. The molecule has 0 aliphatic heterocycles. The van der Waals surface area contributed by atoms with Crippen molar-refractivity contribution in [3.63, 3.8) is 0 Å².